The molecule has 10 heteroatoms. The fourth-order valence-electron chi connectivity index (χ4n) is 3.07. The number of carbonyl (C=O) groups is 1. The van der Waals surface area contributed by atoms with Gasteiger partial charge in [0.25, 0.3) is 0 Å². The molecule has 3 aromatic rings. The number of nitrogens with one attached hydrogen (secondary N) is 2. The van der Waals surface area contributed by atoms with Crippen molar-refractivity contribution >= 4 is 21.6 Å². The Balaban J connectivity index is 1.71. The number of nitrogens with zero attached hydrogens (tertiary/aromatic N) is 2. The van der Waals surface area contributed by atoms with Crippen molar-refractivity contribution in [3.63, 3.8) is 0 Å². The summed E-state index contributed by atoms with van der Waals surface area (Å²) in [4.78, 5) is 16.9. The summed E-state index contributed by atoms with van der Waals surface area (Å²) in [5, 5.41) is 2.68. The topological polar surface area (TPSA) is 102 Å². The molecule has 0 aliphatic rings. The minimum Gasteiger partial charge on any atom is -0.491 e. The first-order valence-corrected chi connectivity index (χ1v) is 11.6. The van der Waals surface area contributed by atoms with Crippen LogP contribution in [-0.2, 0) is 21.9 Å². The summed E-state index contributed by atoms with van der Waals surface area (Å²) in [6, 6.07) is 11.2. The number of ether oxygens (including phenoxy) is 1. The Hall–Kier alpha value is -3.40. The van der Waals surface area contributed by atoms with Crippen molar-refractivity contribution in [2.24, 2.45) is 7.05 Å². The number of aromatic nitrogens is 2. The van der Waals surface area contributed by atoms with Crippen molar-refractivity contribution in [1.29, 1.82) is 0 Å². The molecule has 0 bridgehead atoms. The van der Waals surface area contributed by atoms with Crippen LogP contribution in [0.2, 0.25) is 0 Å². The number of carbonyl (C=O) groups excluding carboxylic acids is 1. The number of hydrogen-bond donors (Lipinski definition) is 2. The lowest BCUT2D eigenvalue weighted by Crippen LogP contribution is -2.36. The molecule has 2 N–H and O–H groups in total. The summed E-state index contributed by atoms with van der Waals surface area (Å²) >= 11 is 0. The molecule has 1 aromatic heterocycles. The van der Waals surface area contributed by atoms with E-state index in [9.17, 15) is 17.6 Å². The van der Waals surface area contributed by atoms with Gasteiger partial charge < -0.3 is 14.6 Å². The molecule has 0 saturated carbocycles. The van der Waals surface area contributed by atoms with Gasteiger partial charge in [-0.1, -0.05) is 12.1 Å². The highest BCUT2D eigenvalue weighted by molar-refractivity contribution is 7.93. The summed E-state index contributed by atoms with van der Waals surface area (Å²) in [5.74, 6) is -0.849. The number of sulfonamides is 1. The lowest BCUT2D eigenvalue weighted by molar-refractivity contribution is -0.119. The van der Waals surface area contributed by atoms with Crippen LogP contribution in [0.25, 0.3) is 0 Å². The second-order valence-electron chi connectivity index (χ2n) is 7.50. The van der Waals surface area contributed by atoms with Gasteiger partial charge in [0.05, 0.1) is 6.10 Å². The lowest BCUT2D eigenvalue weighted by Gasteiger charge is -2.19. The van der Waals surface area contributed by atoms with Crippen LogP contribution in [-0.4, -0.2) is 35.7 Å². The third kappa shape index (κ3) is 6.30. The second kappa shape index (κ2) is 9.82. The molecule has 0 saturated heterocycles. The average Bonchev–Trinajstić information content (AvgIpc) is 3.13. The zero-order chi connectivity index (χ0) is 23.3. The van der Waals surface area contributed by atoms with Gasteiger partial charge in [-0.3, -0.25) is 9.52 Å². The monoisotopic (exact) mass is 460 g/mol. The van der Waals surface area contributed by atoms with E-state index in [0.717, 1.165) is 0 Å². The number of imidazole rings is 1. The standard InChI is InChI=1S/C22H25FN4O4S/c1-15(2)31-19-10-8-18(9-11-19)26-32(29,30)14-20(28)25-21(22-24-12-13-27(22)3)16-4-6-17(23)7-5-16/h4-13,15,21,26H,14H2,1-3H3,(H,25,28). The molecule has 170 valence electrons. The number of amides is 1. The van der Waals surface area contributed by atoms with E-state index in [-0.39, 0.29) is 6.10 Å². The van der Waals surface area contributed by atoms with E-state index in [4.69, 9.17) is 4.74 Å². The molecule has 3 rings (SSSR count). The number of hydrogen-bond acceptors (Lipinski definition) is 5. The molecule has 32 heavy (non-hydrogen) atoms. The molecule has 1 unspecified atom stereocenters. The van der Waals surface area contributed by atoms with Crippen molar-refractivity contribution in [2.75, 3.05) is 10.5 Å². The summed E-state index contributed by atoms with van der Waals surface area (Å²) in [6.45, 7) is 3.78. The highest BCUT2D eigenvalue weighted by Crippen LogP contribution is 2.21. The Labute approximate surface area is 186 Å². The minimum absolute atomic E-state index is 0.00555. The van der Waals surface area contributed by atoms with Gasteiger partial charge in [-0.15, -0.1) is 0 Å². The highest BCUT2D eigenvalue weighted by Gasteiger charge is 2.24. The largest absolute Gasteiger partial charge is 0.491 e. The van der Waals surface area contributed by atoms with Gasteiger partial charge in [0, 0.05) is 25.1 Å². The molecule has 0 spiro atoms. The predicted octanol–water partition coefficient (Wildman–Crippen LogP) is 2.99. The average molecular weight is 461 g/mol. The van der Waals surface area contributed by atoms with Crippen LogP contribution in [0.3, 0.4) is 0 Å². The quantitative estimate of drug-likeness (QED) is 0.511. The number of aryl methyl sites for hydroxylation is 1. The van der Waals surface area contributed by atoms with Crippen LogP contribution in [0.15, 0.2) is 60.9 Å². The third-order valence-corrected chi connectivity index (χ3v) is 5.63. The summed E-state index contributed by atoms with van der Waals surface area (Å²) in [7, 11) is -2.23. The number of anilines is 1. The molecule has 1 amide bonds. The smallest absolute Gasteiger partial charge is 0.241 e. The number of benzene rings is 2. The van der Waals surface area contributed by atoms with Crippen LogP contribution >= 0.6 is 0 Å². The molecule has 1 atom stereocenters. The van der Waals surface area contributed by atoms with Crippen molar-refractivity contribution in [1.82, 2.24) is 14.9 Å². The maximum absolute atomic E-state index is 13.3. The molecular formula is C22H25FN4O4S. The van der Waals surface area contributed by atoms with E-state index < -0.39 is 33.5 Å². The first kappa shape index (κ1) is 23.3. The Bertz CT molecular complexity index is 1160. The SMILES string of the molecule is CC(C)Oc1ccc(NS(=O)(=O)CC(=O)NC(c2ccc(F)cc2)c2nccn2C)cc1. The zero-order valence-electron chi connectivity index (χ0n) is 17.9. The fourth-order valence-corrected chi connectivity index (χ4v) is 4.07. The second-order valence-corrected chi connectivity index (χ2v) is 9.22. The van der Waals surface area contributed by atoms with Gasteiger partial charge >= 0.3 is 0 Å². The third-order valence-electron chi connectivity index (χ3n) is 4.45. The van der Waals surface area contributed by atoms with E-state index >= 15 is 0 Å². The Morgan fingerprint density at radius 3 is 2.34 bits per heavy atom. The van der Waals surface area contributed by atoms with Gasteiger partial charge in [0.1, 0.15) is 29.2 Å². The zero-order valence-corrected chi connectivity index (χ0v) is 18.8. The summed E-state index contributed by atoms with van der Waals surface area (Å²) in [6.07, 6.45) is 3.25. The lowest BCUT2D eigenvalue weighted by atomic mass is 10.1. The Morgan fingerprint density at radius 2 is 1.78 bits per heavy atom. The van der Waals surface area contributed by atoms with Gasteiger partial charge in [-0.25, -0.2) is 17.8 Å². The van der Waals surface area contributed by atoms with Crippen LogP contribution < -0.4 is 14.8 Å². The van der Waals surface area contributed by atoms with Crippen LogP contribution in [0.5, 0.6) is 5.75 Å². The van der Waals surface area contributed by atoms with E-state index in [2.05, 4.69) is 15.0 Å². The maximum atomic E-state index is 13.3. The number of halogens is 1. The van der Waals surface area contributed by atoms with Crippen LogP contribution in [0.4, 0.5) is 10.1 Å². The van der Waals surface area contributed by atoms with Crippen molar-refractivity contribution in [3.05, 3.63) is 78.1 Å². The minimum atomic E-state index is -3.97. The van der Waals surface area contributed by atoms with Crippen LogP contribution in [0, 0.1) is 5.82 Å². The molecule has 1 heterocycles. The first-order valence-electron chi connectivity index (χ1n) is 9.92. The molecule has 8 nitrogen and oxygen atoms in total. The molecule has 0 aliphatic carbocycles. The maximum Gasteiger partial charge on any atom is 0.241 e. The Kier molecular flexibility index (Phi) is 7.14. The Morgan fingerprint density at radius 1 is 1.12 bits per heavy atom. The van der Waals surface area contributed by atoms with Gasteiger partial charge in [-0.2, -0.15) is 0 Å². The molecule has 0 aliphatic heterocycles. The van der Waals surface area contributed by atoms with E-state index in [0.29, 0.717) is 22.8 Å². The highest BCUT2D eigenvalue weighted by atomic mass is 32.2. The number of rotatable bonds is 9. The van der Waals surface area contributed by atoms with Gasteiger partial charge in [0.15, 0.2) is 0 Å². The summed E-state index contributed by atoms with van der Waals surface area (Å²) < 4.78 is 48.0. The van der Waals surface area contributed by atoms with Crippen LogP contribution in [0.1, 0.15) is 31.3 Å². The normalized spacial score (nSPS) is 12.4. The van der Waals surface area contributed by atoms with Crippen molar-refractivity contribution < 1.29 is 22.3 Å². The summed E-state index contributed by atoms with van der Waals surface area (Å²) in [5.41, 5.74) is 0.883. The van der Waals surface area contributed by atoms with Gasteiger partial charge in [0.2, 0.25) is 15.9 Å². The molecule has 2 aromatic carbocycles. The first-order chi connectivity index (χ1) is 15.1. The van der Waals surface area contributed by atoms with Crippen molar-refractivity contribution in [3.8, 4) is 5.75 Å². The predicted molar refractivity (Wildman–Crippen MR) is 119 cm³/mol. The molecular weight excluding hydrogens is 435 g/mol. The molecule has 0 radical (unpaired) electrons. The fraction of sp³-hybridized carbons (Fsp3) is 0.273. The van der Waals surface area contributed by atoms with E-state index in [1.165, 1.54) is 24.3 Å². The van der Waals surface area contributed by atoms with Gasteiger partial charge in [-0.05, 0) is 55.8 Å². The van der Waals surface area contributed by atoms with E-state index in [1.807, 2.05) is 13.8 Å². The van der Waals surface area contributed by atoms with Crippen molar-refractivity contribution in [2.45, 2.75) is 26.0 Å². The van der Waals surface area contributed by atoms with E-state index in [1.54, 1.807) is 48.3 Å². The molecule has 0 fully saturated rings.